The summed E-state index contributed by atoms with van der Waals surface area (Å²) in [5.41, 5.74) is 3.46. The summed E-state index contributed by atoms with van der Waals surface area (Å²) in [6, 6.07) is 5.96. The first kappa shape index (κ1) is 23.1. The first-order chi connectivity index (χ1) is 14.7. The molecular weight excluding hydrogens is 392 g/mol. The van der Waals surface area contributed by atoms with Crippen LogP contribution in [0.2, 0.25) is 0 Å². The highest BCUT2D eigenvalue weighted by Crippen LogP contribution is 2.28. The van der Waals surface area contributed by atoms with Crippen LogP contribution in [0.5, 0.6) is 0 Å². The third-order valence-electron chi connectivity index (χ3n) is 5.73. The maximum Gasteiger partial charge on any atom is 0.252 e. The van der Waals surface area contributed by atoms with E-state index in [0.717, 1.165) is 35.1 Å². The summed E-state index contributed by atoms with van der Waals surface area (Å²) in [6.07, 6.45) is 1.75. The Balaban J connectivity index is 2.03. The van der Waals surface area contributed by atoms with Crippen LogP contribution in [0.3, 0.4) is 0 Å². The zero-order valence-corrected chi connectivity index (χ0v) is 19.4. The van der Waals surface area contributed by atoms with Gasteiger partial charge in [0.15, 0.2) is 5.82 Å². The van der Waals surface area contributed by atoms with Gasteiger partial charge >= 0.3 is 0 Å². The molecule has 8 nitrogen and oxygen atoms in total. The van der Waals surface area contributed by atoms with E-state index in [2.05, 4.69) is 66.1 Å². The first-order valence-corrected chi connectivity index (χ1v) is 10.9. The number of H-pyrrole nitrogens is 1. The number of aliphatic hydroxyl groups is 1. The van der Waals surface area contributed by atoms with Crippen molar-refractivity contribution in [3.63, 3.8) is 0 Å². The summed E-state index contributed by atoms with van der Waals surface area (Å²) < 4.78 is 1.84. The molecule has 0 unspecified atom stereocenters. The highest BCUT2D eigenvalue weighted by atomic mass is 16.3. The smallest absolute Gasteiger partial charge is 0.252 e. The minimum absolute atomic E-state index is 0.0128. The average Bonchev–Trinajstić information content (AvgIpc) is 3.18. The predicted octanol–water partition coefficient (Wildman–Crippen LogP) is 3.22. The summed E-state index contributed by atoms with van der Waals surface area (Å²) in [5, 5.41) is 23.3. The molecule has 168 valence electrons. The molecule has 0 saturated carbocycles. The number of aromatic nitrogens is 5. The van der Waals surface area contributed by atoms with E-state index in [1.807, 2.05) is 23.7 Å². The SMILES string of the molecule is CCC[C@@H](c1nnnn1C(C)(C)C)N(CCO)Cc1cc2cc(C)c(C)cc2[nH]c1=O. The van der Waals surface area contributed by atoms with Gasteiger partial charge in [0, 0.05) is 24.2 Å². The number of nitrogens with zero attached hydrogens (tertiary/aromatic N) is 5. The van der Waals surface area contributed by atoms with Gasteiger partial charge in [-0.3, -0.25) is 9.69 Å². The van der Waals surface area contributed by atoms with Crippen LogP contribution < -0.4 is 5.56 Å². The second kappa shape index (κ2) is 9.28. The van der Waals surface area contributed by atoms with Crippen molar-refractivity contribution in [2.24, 2.45) is 0 Å². The number of aliphatic hydroxyl groups excluding tert-OH is 1. The Morgan fingerprint density at radius 1 is 1.19 bits per heavy atom. The number of aryl methyl sites for hydroxylation is 2. The number of hydrogen-bond donors (Lipinski definition) is 2. The molecule has 0 amide bonds. The molecule has 0 aliphatic heterocycles. The molecule has 0 saturated heterocycles. The second-order valence-corrected chi connectivity index (χ2v) is 9.27. The Kier molecular flexibility index (Phi) is 6.91. The van der Waals surface area contributed by atoms with E-state index >= 15 is 0 Å². The van der Waals surface area contributed by atoms with Crippen LogP contribution in [-0.2, 0) is 12.1 Å². The zero-order chi connectivity index (χ0) is 22.8. The molecule has 0 bridgehead atoms. The van der Waals surface area contributed by atoms with Crippen LogP contribution in [0.15, 0.2) is 23.0 Å². The Bertz CT molecular complexity index is 1100. The van der Waals surface area contributed by atoms with Crippen molar-refractivity contribution in [2.75, 3.05) is 13.2 Å². The van der Waals surface area contributed by atoms with Crippen LogP contribution in [0.1, 0.15) is 69.1 Å². The Labute approximate surface area is 183 Å². The summed E-state index contributed by atoms with van der Waals surface area (Å²) in [6.45, 7) is 13.2. The van der Waals surface area contributed by atoms with Gasteiger partial charge in [-0.05, 0) is 86.2 Å². The standard InChI is InChI=1S/C23H34N6O2/c1-7-8-20(21-25-26-27-29(21)23(4,5)6)28(9-10-30)14-18-13-17-11-15(2)16(3)12-19(17)24-22(18)31/h11-13,20,30H,7-10,14H2,1-6H3,(H,24,31)/t20-/m0/s1. The molecule has 0 radical (unpaired) electrons. The van der Waals surface area contributed by atoms with Crippen molar-refractivity contribution >= 4 is 10.9 Å². The van der Waals surface area contributed by atoms with Crippen LogP contribution in [-0.4, -0.2) is 48.3 Å². The lowest BCUT2D eigenvalue weighted by atomic mass is 10.0. The Morgan fingerprint density at radius 3 is 2.55 bits per heavy atom. The van der Waals surface area contributed by atoms with Gasteiger partial charge in [0.1, 0.15) is 0 Å². The van der Waals surface area contributed by atoms with E-state index in [1.54, 1.807) is 0 Å². The average molecular weight is 427 g/mol. The fourth-order valence-corrected chi connectivity index (χ4v) is 3.96. The van der Waals surface area contributed by atoms with Crippen LogP contribution >= 0.6 is 0 Å². The monoisotopic (exact) mass is 426 g/mol. The minimum atomic E-state index is -0.272. The lowest BCUT2D eigenvalue weighted by Gasteiger charge is -2.32. The minimum Gasteiger partial charge on any atom is -0.395 e. The molecule has 1 aromatic carbocycles. The van der Waals surface area contributed by atoms with Crippen molar-refractivity contribution in [1.82, 2.24) is 30.1 Å². The normalized spacial score (nSPS) is 13.3. The highest BCUT2D eigenvalue weighted by molar-refractivity contribution is 5.80. The molecule has 8 heteroatoms. The molecule has 2 N–H and O–H groups in total. The van der Waals surface area contributed by atoms with E-state index in [9.17, 15) is 9.90 Å². The summed E-state index contributed by atoms with van der Waals surface area (Å²) in [4.78, 5) is 18.0. The van der Waals surface area contributed by atoms with Gasteiger partial charge in [-0.25, -0.2) is 4.68 Å². The maximum atomic E-state index is 12.9. The third kappa shape index (κ3) is 5.02. The molecule has 31 heavy (non-hydrogen) atoms. The number of nitrogens with one attached hydrogen (secondary N) is 1. The molecule has 3 aromatic rings. The topological polar surface area (TPSA) is 99.9 Å². The third-order valence-corrected chi connectivity index (χ3v) is 5.73. The number of fused-ring (bicyclic) bond motifs is 1. The van der Waals surface area contributed by atoms with E-state index < -0.39 is 0 Å². The fraction of sp³-hybridized carbons (Fsp3) is 0.565. The molecule has 0 spiro atoms. The van der Waals surface area contributed by atoms with Crippen molar-refractivity contribution in [3.05, 3.63) is 51.1 Å². The number of benzene rings is 1. The van der Waals surface area contributed by atoms with Crippen LogP contribution in [0.4, 0.5) is 0 Å². The summed E-state index contributed by atoms with van der Waals surface area (Å²) >= 11 is 0. The van der Waals surface area contributed by atoms with Crippen molar-refractivity contribution in [2.45, 2.75) is 72.5 Å². The number of pyridine rings is 1. The van der Waals surface area contributed by atoms with Gasteiger partial charge in [-0.15, -0.1) is 5.10 Å². The Hall–Kier alpha value is -2.58. The molecule has 2 aromatic heterocycles. The number of rotatable bonds is 8. The van der Waals surface area contributed by atoms with E-state index in [0.29, 0.717) is 18.7 Å². The van der Waals surface area contributed by atoms with Crippen molar-refractivity contribution < 1.29 is 5.11 Å². The van der Waals surface area contributed by atoms with Crippen LogP contribution in [0.25, 0.3) is 10.9 Å². The van der Waals surface area contributed by atoms with E-state index in [-0.39, 0.29) is 23.7 Å². The van der Waals surface area contributed by atoms with Gasteiger partial charge in [-0.2, -0.15) is 0 Å². The molecule has 0 fully saturated rings. The zero-order valence-electron chi connectivity index (χ0n) is 19.4. The van der Waals surface area contributed by atoms with Gasteiger partial charge in [0.05, 0.1) is 18.2 Å². The molecule has 0 aliphatic rings. The fourth-order valence-electron chi connectivity index (χ4n) is 3.96. The lowest BCUT2D eigenvalue weighted by molar-refractivity contribution is 0.123. The lowest BCUT2D eigenvalue weighted by Crippen LogP contribution is -2.37. The first-order valence-electron chi connectivity index (χ1n) is 10.9. The van der Waals surface area contributed by atoms with Crippen molar-refractivity contribution in [1.29, 1.82) is 0 Å². The Morgan fingerprint density at radius 2 is 1.90 bits per heavy atom. The largest absolute Gasteiger partial charge is 0.395 e. The predicted molar refractivity (Wildman–Crippen MR) is 122 cm³/mol. The van der Waals surface area contributed by atoms with Crippen molar-refractivity contribution in [3.8, 4) is 0 Å². The summed E-state index contributed by atoms with van der Waals surface area (Å²) in [5.74, 6) is 0.756. The number of tetrazole rings is 1. The maximum absolute atomic E-state index is 12.9. The number of aromatic amines is 1. The quantitative estimate of drug-likeness (QED) is 0.574. The summed E-state index contributed by atoms with van der Waals surface area (Å²) in [7, 11) is 0. The molecule has 1 atom stereocenters. The highest BCUT2D eigenvalue weighted by Gasteiger charge is 2.30. The van der Waals surface area contributed by atoms with Gasteiger partial charge in [0.2, 0.25) is 0 Å². The van der Waals surface area contributed by atoms with E-state index in [4.69, 9.17) is 0 Å². The molecule has 0 aliphatic carbocycles. The van der Waals surface area contributed by atoms with Gasteiger partial charge in [0.25, 0.3) is 5.56 Å². The number of hydrogen-bond acceptors (Lipinski definition) is 6. The molecule has 2 heterocycles. The van der Waals surface area contributed by atoms with E-state index in [1.165, 1.54) is 5.56 Å². The van der Waals surface area contributed by atoms with Crippen LogP contribution in [0, 0.1) is 13.8 Å². The van der Waals surface area contributed by atoms with Gasteiger partial charge in [-0.1, -0.05) is 13.3 Å². The molecule has 3 rings (SSSR count). The van der Waals surface area contributed by atoms with Gasteiger partial charge < -0.3 is 10.1 Å². The second-order valence-electron chi connectivity index (χ2n) is 9.27. The molecular formula is C23H34N6O2.